The number of hydrogen-bond donors (Lipinski definition) is 0. The van der Waals surface area contributed by atoms with Crippen LogP contribution in [0.25, 0.3) is 0 Å². The number of thioether (sulfide) groups is 1. The zero-order valence-corrected chi connectivity index (χ0v) is 17.6. The number of nitrogens with zero attached hydrogens (tertiary/aromatic N) is 4. The number of hydrogen-bond acceptors (Lipinski definition) is 6. The number of benzene rings is 1. The summed E-state index contributed by atoms with van der Waals surface area (Å²) >= 11 is 1.43. The molecule has 2 aliphatic rings. The minimum atomic E-state index is -3.27. The number of fused-ring (bicyclic) bond motifs is 2. The second-order valence-corrected chi connectivity index (χ2v) is 10.3. The summed E-state index contributed by atoms with van der Waals surface area (Å²) in [6, 6.07) is 5.33. The highest BCUT2D eigenvalue weighted by Crippen LogP contribution is 2.32. The third kappa shape index (κ3) is 3.69. The molecular weight excluding hydrogens is 396 g/mol. The van der Waals surface area contributed by atoms with E-state index in [1.54, 1.807) is 19.1 Å². The van der Waals surface area contributed by atoms with Gasteiger partial charge in [0.2, 0.25) is 10.0 Å². The molecule has 0 amide bonds. The summed E-state index contributed by atoms with van der Waals surface area (Å²) in [5, 5.41) is 9.34. The maximum Gasteiger partial charge on any atom is 0.234 e. The second-order valence-electron chi connectivity index (χ2n) is 7.14. The number of rotatable bonds is 6. The quantitative estimate of drug-likeness (QED) is 0.528. The first-order valence-corrected chi connectivity index (χ1v) is 12.3. The Morgan fingerprint density at radius 3 is 2.82 bits per heavy atom. The summed E-state index contributed by atoms with van der Waals surface area (Å²) in [6.07, 6.45) is 5.05. The van der Waals surface area contributed by atoms with Crippen molar-refractivity contribution >= 4 is 33.3 Å². The zero-order chi connectivity index (χ0) is 19.7. The summed E-state index contributed by atoms with van der Waals surface area (Å²) in [4.78, 5) is 12.7. The smallest absolute Gasteiger partial charge is 0.234 e. The second kappa shape index (κ2) is 7.87. The number of ketones is 1. The molecular formula is C19H24N4O3S2. The van der Waals surface area contributed by atoms with Crippen molar-refractivity contribution in [2.24, 2.45) is 0 Å². The molecule has 2 aromatic rings. The van der Waals surface area contributed by atoms with Gasteiger partial charge in [-0.05, 0) is 49.9 Å². The van der Waals surface area contributed by atoms with E-state index in [1.807, 2.05) is 6.07 Å². The number of carbonyl (C=O) groups is 1. The Hall–Kier alpha value is -1.87. The fourth-order valence-electron chi connectivity index (χ4n) is 3.77. The van der Waals surface area contributed by atoms with Crippen LogP contribution in [-0.2, 0) is 29.4 Å². The number of anilines is 1. The Bertz CT molecular complexity index is 1000. The van der Waals surface area contributed by atoms with Crippen LogP contribution in [0.5, 0.6) is 0 Å². The molecule has 0 bridgehead atoms. The summed E-state index contributed by atoms with van der Waals surface area (Å²) in [5.41, 5.74) is 2.25. The fourth-order valence-corrected chi connectivity index (χ4v) is 5.81. The average Bonchev–Trinajstić information content (AvgIpc) is 3.22. The van der Waals surface area contributed by atoms with Crippen LogP contribution in [0.2, 0.25) is 0 Å². The van der Waals surface area contributed by atoms with E-state index < -0.39 is 10.0 Å². The van der Waals surface area contributed by atoms with Gasteiger partial charge in [0.05, 0.1) is 17.2 Å². The molecule has 0 N–H and O–H groups in total. The molecule has 1 aromatic carbocycles. The number of carbonyl (C=O) groups excluding carboxylic acids is 1. The van der Waals surface area contributed by atoms with E-state index in [4.69, 9.17) is 0 Å². The van der Waals surface area contributed by atoms with Gasteiger partial charge in [-0.15, -0.1) is 10.2 Å². The van der Waals surface area contributed by atoms with E-state index in [2.05, 4.69) is 14.8 Å². The number of Topliss-reactive ketones (excluding diaryl/α,β-unsaturated/α-hetero) is 1. The molecule has 7 nitrogen and oxygen atoms in total. The minimum Gasteiger partial charge on any atom is -0.306 e. The molecule has 0 unspecified atom stereocenters. The third-order valence-electron chi connectivity index (χ3n) is 5.36. The van der Waals surface area contributed by atoms with E-state index >= 15 is 0 Å². The van der Waals surface area contributed by atoms with E-state index in [0.717, 1.165) is 42.4 Å². The van der Waals surface area contributed by atoms with E-state index in [9.17, 15) is 13.2 Å². The molecule has 0 spiro atoms. The first-order valence-electron chi connectivity index (χ1n) is 9.71. The molecule has 9 heteroatoms. The number of aromatic nitrogens is 3. The molecule has 3 heterocycles. The third-order valence-corrected chi connectivity index (χ3v) is 8.11. The molecule has 0 radical (unpaired) electrons. The van der Waals surface area contributed by atoms with E-state index in [1.165, 1.54) is 22.5 Å². The highest BCUT2D eigenvalue weighted by molar-refractivity contribution is 7.99. The van der Waals surface area contributed by atoms with Crippen molar-refractivity contribution in [2.45, 2.75) is 50.7 Å². The van der Waals surface area contributed by atoms with Gasteiger partial charge in [0.25, 0.3) is 0 Å². The summed E-state index contributed by atoms with van der Waals surface area (Å²) in [5.74, 6) is 1.41. The van der Waals surface area contributed by atoms with Crippen LogP contribution in [0.3, 0.4) is 0 Å². The Kier molecular flexibility index (Phi) is 5.46. The highest BCUT2D eigenvalue weighted by atomic mass is 32.2. The molecule has 0 fully saturated rings. The lowest BCUT2D eigenvalue weighted by Crippen LogP contribution is -2.30. The molecule has 4 rings (SSSR count). The van der Waals surface area contributed by atoms with Crippen molar-refractivity contribution in [1.82, 2.24) is 14.8 Å². The van der Waals surface area contributed by atoms with Crippen LogP contribution in [0.15, 0.2) is 23.4 Å². The van der Waals surface area contributed by atoms with Gasteiger partial charge in [0, 0.05) is 25.1 Å². The Balaban J connectivity index is 1.46. The SMILES string of the molecule is CCS(=O)(=O)N1CCc2cc(C(=O)CSc3nnc4n3CCCCC4)ccc21. The maximum absolute atomic E-state index is 12.7. The van der Waals surface area contributed by atoms with Crippen molar-refractivity contribution in [3.63, 3.8) is 0 Å². The lowest BCUT2D eigenvalue weighted by atomic mass is 10.1. The molecule has 1 aromatic heterocycles. The monoisotopic (exact) mass is 420 g/mol. The van der Waals surface area contributed by atoms with Gasteiger partial charge in [0.1, 0.15) is 5.82 Å². The van der Waals surface area contributed by atoms with Crippen molar-refractivity contribution < 1.29 is 13.2 Å². The fraction of sp³-hybridized carbons (Fsp3) is 0.526. The van der Waals surface area contributed by atoms with Gasteiger partial charge < -0.3 is 4.57 Å². The molecule has 28 heavy (non-hydrogen) atoms. The summed E-state index contributed by atoms with van der Waals surface area (Å²) < 4.78 is 28.0. The molecule has 0 aliphatic carbocycles. The summed E-state index contributed by atoms with van der Waals surface area (Å²) in [7, 11) is -3.27. The predicted molar refractivity (Wildman–Crippen MR) is 110 cm³/mol. The number of sulfonamides is 1. The molecule has 0 atom stereocenters. The van der Waals surface area contributed by atoms with Crippen molar-refractivity contribution in [1.29, 1.82) is 0 Å². The normalized spacial score (nSPS) is 16.5. The van der Waals surface area contributed by atoms with Crippen LogP contribution in [0.1, 0.15) is 47.9 Å². The van der Waals surface area contributed by atoms with Gasteiger partial charge in [-0.1, -0.05) is 18.2 Å². The highest BCUT2D eigenvalue weighted by Gasteiger charge is 2.28. The van der Waals surface area contributed by atoms with E-state index in [-0.39, 0.29) is 11.5 Å². The largest absolute Gasteiger partial charge is 0.306 e. The average molecular weight is 421 g/mol. The molecule has 2 aliphatic heterocycles. The molecule has 0 saturated heterocycles. The van der Waals surface area contributed by atoms with E-state index in [0.29, 0.717) is 30.0 Å². The molecule has 150 valence electrons. The first-order chi connectivity index (χ1) is 13.5. The van der Waals surface area contributed by atoms with Crippen LogP contribution in [-0.4, -0.2) is 47.0 Å². The summed E-state index contributed by atoms with van der Waals surface area (Å²) in [6.45, 7) is 3.01. The molecule has 0 saturated carbocycles. The van der Waals surface area contributed by atoms with Gasteiger partial charge >= 0.3 is 0 Å². The van der Waals surface area contributed by atoms with Crippen molar-refractivity contribution in [3.05, 3.63) is 35.2 Å². The topological polar surface area (TPSA) is 85.2 Å². The Labute approximate surface area is 169 Å². The lowest BCUT2D eigenvalue weighted by Gasteiger charge is -2.18. The lowest BCUT2D eigenvalue weighted by molar-refractivity contribution is 0.102. The van der Waals surface area contributed by atoms with Crippen molar-refractivity contribution in [2.75, 3.05) is 22.4 Å². The van der Waals surface area contributed by atoms with Crippen LogP contribution in [0.4, 0.5) is 5.69 Å². The van der Waals surface area contributed by atoms with Gasteiger partial charge in [-0.3, -0.25) is 9.10 Å². The maximum atomic E-state index is 12.7. The number of aryl methyl sites for hydroxylation is 1. The van der Waals surface area contributed by atoms with Gasteiger partial charge in [0.15, 0.2) is 10.9 Å². The Morgan fingerprint density at radius 1 is 1.14 bits per heavy atom. The predicted octanol–water partition coefficient (Wildman–Crippen LogP) is 2.69. The van der Waals surface area contributed by atoms with Gasteiger partial charge in [-0.2, -0.15) is 0 Å². The van der Waals surface area contributed by atoms with Crippen LogP contribution < -0.4 is 4.31 Å². The van der Waals surface area contributed by atoms with Crippen LogP contribution in [0, 0.1) is 0 Å². The van der Waals surface area contributed by atoms with Crippen LogP contribution >= 0.6 is 11.8 Å². The minimum absolute atomic E-state index is 0.0237. The Morgan fingerprint density at radius 2 is 2.00 bits per heavy atom. The zero-order valence-electron chi connectivity index (χ0n) is 15.9. The van der Waals surface area contributed by atoms with Gasteiger partial charge in [-0.25, -0.2) is 8.42 Å². The van der Waals surface area contributed by atoms with Crippen molar-refractivity contribution in [3.8, 4) is 0 Å². The first kappa shape index (κ1) is 19.4. The standard InChI is InChI=1S/C19H24N4O3S2/c1-2-28(25,26)23-11-9-14-12-15(7-8-16(14)23)17(24)13-27-19-21-20-18-6-4-3-5-10-22(18)19/h7-8,12H,2-6,9-11,13H2,1H3.